The first-order valence-corrected chi connectivity index (χ1v) is 7.50. The first kappa shape index (κ1) is 13.5. The number of fused-ring (bicyclic) bond motifs is 1. The van der Waals surface area contributed by atoms with Crippen molar-refractivity contribution in [1.82, 2.24) is 19.5 Å². The number of nitrogens with two attached hydrogens (primary N) is 1. The van der Waals surface area contributed by atoms with Crippen LogP contribution in [0.1, 0.15) is 24.7 Å². The van der Waals surface area contributed by atoms with Crippen LogP contribution in [-0.4, -0.2) is 19.5 Å². The molecule has 22 heavy (non-hydrogen) atoms. The molecule has 4 rings (SSSR count). The fraction of sp³-hybridized carbons (Fsp3) is 0.267. The Morgan fingerprint density at radius 1 is 1.41 bits per heavy atom. The second-order valence-electron chi connectivity index (χ2n) is 5.54. The first-order valence-electron chi connectivity index (χ1n) is 7.12. The number of nitrogens with one attached hydrogen (secondary N) is 1. The molecular formula is C15H14ClN5O. The second kappa shape index (κ2) is 4.93. The van der Waals surface area contributed by atoms with Gasteiger partial charge in [0, 0.05) is 0 Å². The molecule has 3 N–H and O–H groups in total. The molecule has 1 saturated carbocycles. The Balaban J connectivity index is 2.08. The van der Waals surface area contributed by atoms with E-state index < -0.39 is 0 Å². The van der Waals surface area contributed by atoms with Crippen LogP contribution >= 0.6 is 11.6 Å². The number of aromatic nitrogens is 4. The highest BCUT2D eigenvalue weighted by Gasteiger charge is 2.33. The molecule has 0 amide bonds. The van der Waals surface area contributed by atoms with Crippen molar-refractivity contribution in [3.63, 3.8) is 0 Å². The van der Waals surface area contributed by atoms with E-state index in [1.807, 2.05) is 0 Å². The number of rotatable bonds is 3. The molecule has 0 aliphatic heterocycles. The summed E-state index contributed by atoms with van der Waals surface area (Å²) in [7, 11) is 0. The zero-order valence-corrected chi connectivity index (χ0v) is 12.4. The number of hydrogen-bond acceptors (Lipinski definition) is 4. The highest BCUT2D eigenvalue weighted by atomic mass is 35.5. The van der Waals surface area contributed by atoms with Crippen LogP contribution < -0.4 is 11.3 Å². The maximum absolute atomic E-state index is 13.0. The van der Waals surface area contributed by atoms with Gasteiger partial charge in [0.25, 0.3) is 5.56 Å². The van der Waals surface area contributed by atoms with Crippen LogP contribution in [0.5, 0.6) is 0 Å². The summed E-state index contributed by atoms with van der Waals surface area (Å²) >= 11 is 6.19. The normalized spacial score (nSPS) is 16.1. The summed E-state index contributed by atoms with van der Waals surface area (Å²) in [5.41, 5.74) is 6.65. The molecule has 112 valence electrons. The van der Waals surface area contributed by atoms with E-state index >= 15 is 0 Å². The van der Waals surface area contributed by atoms with Crippen LogP contribution in [0, 0.1) is 5.92 Å². The molecule has 0 radical (unpaired) electrons. The standard InChI is InChI=1S/C15H14ClN5O/c16-9-2-1-3-10-12(9)15(22)21(11-6-18-7-19-11)14(20-10)13(17)8-4-5-8/h1-3,6-8,13H,4-5,17H2,(H,18,19). The summed E-state index contributed by atoms with van der Waals surface area (Å²) in [6.07, 6.45) is 5.22. The lowest BCUT2D eigenvalue weighted by Gasteiger charge is -2.17. The van der Waals surface area contributed by atoms with Crippen LogP contribution in [0.3, 0.4) is 0 Å². The maximum Gasteiger partial charge on any atom is 0.268 e. The zero-order chi connectivity index (χ0) is 15.3. The van der Waals surface area contributed by atoms with E-state index in [0.29, 0.717) is 33.5 Å². The highest BCUT2D eigenvalue weighted by molar-refractivity contribution is 6.35. The van der Waals surface area contributed by atoms with Crippen LogP contribution in [0.15, 0.2) is 35.5 Å². The van der Waals surface area contributed by atoms with Crippen molar-refractivity contribution < 1.29 is 0 Å². The van der Waals surface area contributed by atoms with E-state index in [1.165, 1.54) is 10.9 Å². The average molecular weight is 316 g/mol. The Labute approximate surface area is 131 Å². The first-order chi connectivity index (χ1) is 10.7. The van der Waals surface area contributed by atoms with Gasteiger partial charge >= 0.3 is 0 Å². The lowest BCUT2D eigenvalue weighted by atomic mass is 10.1. The minimum Gasteiger partial charge on any atom is -0.331 e. The molecule has 6 nitrogen and oxygen atoms in total. The Bertz CT molecular complexity index is 898. The third kappa shape index (κ3) is 2.03. The molecule has 1 aliphatic carbocycles. The summed E-state index contributed by atoms with van der Waals surface area (Å²) < 4.78 is 1.49. The van der Waals surface area contributed by atoms with Gasteiger partial charge in [0.15, 0.2) is 0 Å². The Hall–Kier alpha value is -2.18. The third-order valence-electron chi connectivity index (χ3n) is 4.03. The highest BCUT2D eigenvalue weighted by Crippen LogP contribution is 2.39. The van der Waals surface area contributed by atoms with E-state index in [2.05, 4.69) is 15.0 Å². The summed E-state index contributed by atoms with van der Waals surface area (Å²) in [4.78, 5) is 24.5. The van der Waals surface area contributed by atoms with Crippen molar-refractivity contribution in [1.29, 1.82) is 0 Å². The Morgan fingerprint density at radius 2 is 2.23 bits per heavy atom. The molecule has 1 aromatic carbocycles. The van der Waals surface area contributed by atoms with Gasteiger partial charge in [0.05, 0.1) is 34.5 Å². The third-order valence-corrected chi connectivity index (χ3v) is 4.34. The maximum atomic E-state index is 13.0. The van der Waals surface area contributed by atoms with E-state index in [9.17, 15) is 4.79 Å². The van der Waals surface area contributed by atoms with Gasteiger partial charge in [-0.2, -0.15) is 0 Å². The molecule has 7 heteroatoms. The number of halogens is 1. The van der Waals surface area contributed by atoms with E-state index in [0.717, 1.165) is 12.8 Å². The van der Waals surface area contributed by atoms with Gasteiger partial charge in [-0.25, -0.2) is 14.5 Å². The fourth-order valence-electron chi connectivity index (χ4n) is 2.70. The molecule has 0 bridgehead atoms. The van der Waals surface area contributed by atoms with Crippen molar-refractivity contribution in [2.45, 2.75) is 18.9 Å². The zero-order valence-electron chi connectivity index (χ0n) is 11.7. The van der Waals surface area contributed by atoms with Crippen LogP contribution in [0.25, 0.3) is 16.7 Å². The topological polar surface area (TPSA) is 89.6 Å². The van der Waals surface area contributed by atoms with Gasteiger partial charge in [-0.05, 0) is 30.9 Å². The number of H-pyrrole nitrogens is 1. The summed E-state index contributed by atoms with van der Waals surface area (Å²) in [6, 6.07) is 4.97. The molecule has 0 spiro atoms. The fourth-order valence-corrected chi connectivity index (χ4v) is 2.95. The molecule has 2 aromatic heterocycles. The van der Waals surface area contributed by atoms with Crippen molar-refractivity contribution in [2.75, 3.05) is 0 Å². The number of benzene rings is 1. The summed E-state index contributed by atoms with van der Waals surface area (Å²) in [5.74, 6) is 1.47. The summed E-state index contributed by atoms with van der Waals surface area (Å²) in [5, 5.41) is 0.778. The second-order valence-corrected chi connectivity index (χ2v) is 5.95. The molecule has 3 aromatic rings. The van der Waals surface area contributed by atoms with E-state index in [1.54, 1.807) is 24.4 Å². The van der Waals surface area contributed by atoms with Crippen LogP contribution in [-0.2, 0) is 0 Å². The quantitative estimate of drug-likeness (QED) is 0.775. The Kier molecular flexibility index (Phi) is 3.02. The van der Waals surface area contributed by atoms with Crippen LogP contribution in [0.2, 0.25) is 5.02 Å². The van der Waals surface area contributed by atoms with Gasteiger partial charge in [0.2, 0.25) is 0 Å². The summed E-state index contributed by atoms with van der Waals surface area (Å²) in [6.45, 7) is 0. The Morgan fingerprint density at radius 3 is 2.91 bits per heavy atom. The van der Waals surface area contributed by atoms with Gasteiger partial charge in [-0.15, -0.1) is 0 Å². The molecule has 1 aliphatic rings. The largest absolute Gasteiger partial charge is 0.331 e. The van der Waals surface area contributed by atoms with Crippen molar-refractivity contribution in [3.05, 3.63) is 51.9 Å². The number of aromatic amines is 1. The van der Waals surface area contributed by atoms with Gasteiger partial charge in [-0.1, -0.05) is 17.7 Å². The van der Waals surface area contributed by atoms with Crippen molar-refractivity contribution in [3.8, 4) is 5.82 Å². The predicted octanol–water partition coefficient (Wildman–Crippen LogP) is 2.17. The van der Waals surface area contributed by atoms with Gasteiger partial charge < -0.3 is 10.7 Å². The molecule has 2 heterocycles. The predicted molar refractivity (Wildman–Crippen MR) is 84.1 cm³/mol. The minimum atomic E-state index is -0.278. The lowest BCUT2D eigenvalue weighted by molar-refractivity contribution is 0.572. The van der Waals surface area contributed by atoms with E-state index in [4.69, 9.17) is 17.3 Å². The number of nitrogens with zero attached hydrogens (tertiary/aromatic N) is 3. The van der Waals surface area contributed by atoms with Crippen molar-refractivity contribution in [2.24, 2.45) is 11.7 Å². The lowest BCUT2D eigenvalue weighted by Crippen LogP contribution is -2.29. The SMILES string of the molecule is NC(c1nc2cccc(Cl)c2c(=O)n1-c1cnc[nH]1)C1CC1. The molecule has 1 unspecified atom stereocenters. The van der Waals surface area contributed by atoms with Crippen LogP contribution in [0.4, 0.5) is 0 Å². The molecular weight excluding hydrogens is 302 g/mol. The average Bonchev–Trinajstić information content (AvgIpc) is 3.22. The van der Waals surface area contributed by atoms with Gasteiger partial charge in [0.1, 0.15) is 11.6 Å². The molecule has 1 fully saturated rings. The minimum absolute atomic E-state index is 0.231. The number of hydrogen-bond donors (Lipinski definition) is 2. The smallest absolute Gasteiger partial charge is 0.268 e. The van der Waals surface area contributed by atoms with Gasteiger partial charge in [-0.3, -0.25) is 4.79 Å². The van der Waals surface area contributed by atoms with Crippen molar-refractivity contribution >= 4 is 22.5 Å². The molecule has 1 atom stereocenters. The monoisotopic (exact) mass is 315 g/mol. The molecule has 0 saturated heterocycles. The number of imidazole rings is 1. The van der Waals surface area contributed by atoms with E-state index in [-0.39, 0.29) is 11.6 Å².